The number of likely N-dealkylation sites (N-methyl/N-ethyl adjacent to an activating group) is 1. The summed E-state index contributed by atoms with van der Waals surface area (Å²) in [5, 5.41) is 3.65. The molecule has 2 aliphatic heterocycles. The van der Waals surface area contributed by atoms with Gasteiger partial charge in [-0.1, -0.05) is 0 Å². The summed E-state index contributed by atoms with van der Waals surface area (Å²) in [6.07, 6.45) is 14.5. The van der Waals surface area contributed by atoms with Crippen molar-refractivity contribution in [2.45, 2.75) is 68.3 Å². The molecular weight excluding hydrogens is 1110 g/mol. The molecule has 1 radical (unpaired) electrons. The Morgan fingerprint density at radius 2 is 2.10 bits per heavy atom. The van der Waals surface area contributed by atoms with Crippen LogP contribution in [-0.4, -0.2) is 49.8 Å². The SMILES string of the molecule is COCCN(C)[I-]c1ccc2c(=O)n(CCC3=CC4=C(CC(=O)N4)N=I3)c([I-]C3CC[CH-]CCCCC3)nc2c1.[Lr]. The van der Waals surface area contributed by atoms with Gasteiger partial charge in [-0.05, 0) is 0 Å². The Labute approximate surface area is 267 Å². The van der Waals surface area contributed by atoms with Gasteiger partial charge in [0.2, 0.25) is 0 Å². The zero-order valence-electron chi connectivity index (χ0n) is 23.4. The Balaban J connectivity index is 0.00000387. The number of hydrogen-bond acceptors (Lipinski definition) is 6. The zero-order chi connectivity index (χ0) is 27.9. The fraction of sp³-hybridized carbons (Fsp3) is 0.517. The van der Waals surface area contributed by atoms with Gasteiger partial charge in [0.1, 0.15) is 0 Å². The van der Waals surface area contributed by atoms with Crippen LogP contribution >= 0.6 is 21.0 Å². The van der Waals surface area contributed by atoms with Crippen LogP contribution in [0.25, 0.3) is 10.9 Å². The molecule has 3 aliphatic rings. The zero-order valence-corrected chi connectivity index (χ0v) is 32.0. The largest absolute Gasteiger partial charge is 0 e. The molecule has 41 heavy (non-hydrogen) atoms. The second-order valence-electron chi connectivity index (χ2n) is 10.2. The minimum atomic E-state index is -0.508. The van der Waals surface area contributed by atoms with Gasteiger partial charge in [0.05, 0.1) is 0 Å². The number of aromatic nitrogens is 2. The summed E-state index contributed by atoms with van der Waals surface area (Å²) < 4.78 is 18.5. The molecule has 1 saturated carbocycles. The first-order valence-corrected chi connectivity index (χ1v) is 20.3. The molecular formula is C29H37I3LrN5O3-3. The van der Waals surface area contributed by atoms with Gasteiger partial charge in [0, 0.05) is 0 Å². The van der Waals surface area contributed by atoms with Gasteiger partial charge in [-0.2, -0.15) is 0 Å². The number of carbonyl (C=O) groups excluding carboxylic acids is 1. The second-order valence-corrected chi connectivity index (χ2v) is 19.3. The summed E-state index contributed by atoms with van der Waals surface area (Å²) in [4.78, 5) is 31.0. The van der Waals surface area contributed by atoms with E-state index in [0.717, 1.165) is 40.3 Å². The molecule has 0 bridgehead atoms. The average Bonchev–Trinajstić information content (AvgIpc) is 3.37. The van der Waals surface area contributed by atoms with E-state index in [1.807, 2.05) is 10.6 Å². The van der Waals surface area contributed by atoms with Crippen molar-refractivity contribution < 1.29 is 52.2 Å². The smallest absolute Gasteiger partial charge is 0 e. The summed E-state index contributed by atoms with van der Waals surface area (Å²) in [5.41, 5.74) is 2.70. The number of allylic oxidation sites excluding steroid dienone is 2. The van der Waals surface area contributed by atoms with E-state index in [0.29, 0.717) is 22.3 Å². The number of alkyl halides is 1. The quantitative estimate of drug-likeness (QED) is 0.108. The Kier molecular flexibility index (Phi) is 12.2. The molecule has 0 spiro atoms. The first kappa shape index (κ1) is 32.1. The van der Waals surface area contributed by atoms with Gasteiger partial charge in [-0.25, -0.2) is 0 Å². The number of nitrogens with one attached hydrogen (secondary N) is 1. The minimum absolute atomic E-state index is 0. The molecule has 235 valence electrons. The summed E-state index contributed by atoms with van der Waals surface area (Å²) in [6.45, 7) is 2.25. The van der Waals surface area contributed by atoms with E-state index < -0.39 is 42.2 Å². The number of hydrogen-bond donors (Lipinski definition) is 1. The molecule has 1 aromatic carbocycles. The number of methoxy groups -OCH3 is 1. The molecule has 1 aliphatic carbocycles. The van der Waals surface area contributed by atoms with E-state index in [2.05, 4.69) is 40.1 Å². The van der Waals surface area contributed by atoms with Crippen LogP contribution in [0.5, 0.6) is 0 Å². The number of amides is 1. The number of fused-ring (bicyclic) bond motifs is 1. The fourth-order valence-corrected chi connectivity index (χ4v) is 12.5. The van der Waals surface area contributed by atoms with E-state index in [1.54, 1.807) is 7.11 Å². The molecule has 2 aromatic rings. The van der Waals surface area contributed by atoms with Crippen LogP contribution < -0.4 is 53.6 Å². The maximum Gasteiger partial charge on any atom is 0 e. The van der Waals surface area contributed by atoms with Gasteiger partial charge in [-0.15, -0.1) is 0 Å². The minimum Gasteiger partial charge on any atom is 0 e. The third-order valence-corrected chi connectivity index (χ3v) is 15.5. The molecule has 1 N–H and O–H groups in total. The topological polar surface area (TPSA) is 88.8 Å². The van der Waals surface area contributed by atoms with E-state index in [1.165, 1.54) is 52.1 Å². The van der Waals surface area contributed by atoms with Gasteiger partial charge in [0.15, 0.2) is 0 Å². The molecule has 12 heteroatoms. The van der Waals surface area contributed by atoms with Gasteiger partial charge >= 0.3 is 270 Å². The monoisotopic (exact) mass is 1150 g/mol. The summed E-state index contributed by atoms with van der Waals surface area (Å²) >= 11 is -1.27. The van der Waals surface area contributed by atoms with Crippen LogP contribution in [0.4, 0.5) is 0 Å². The first-order chi connectivity index (χ1) is 19.5. The maximum atomic E-state index is 14.0. The number of nitrogens with zero attached hydrogens (tertiary/aromatic N) is 4. The molecule has 1 aromatic heterocycles. The first-order valence-electron chi connectivity index (χ1n) is 13.9. The summed E-state index contributed by atoms with van der Waals surface area (Å²) in [7, 11) is 3.87. The molecule has 1 atom stereocenters. The van der Waals surface area contributed by atoms with Crippen molar-refractivity contribution in [3.05, 3.63) is 63.4 Å². The number of benzene rings is 1. The third kappa shape index (κ3) is 8.63. The average molecular weight is 1150 g/mol. The number of rotatable bonds is 10. The summed E-state index contributed by atoms with van der Waals surface area (Å²) in [6, 6.07) is 6.26. The Morgan fingerprint density at radius 1 is 1.22 bits per heavy atom. The van der Waals surface area contributed by atoms with Crippen molar-refractivity contribution in [2.24, 2.45) is 3.15 Å². The molecule has 1 fully saturated rings. The maximum absolute atomic E-state index is 14.0. The molecule has 1 amide bonds. The van der Waals surface area contributed by atoms with E-state index in [4.69, 9.17) is 12.9 Å². The van der Waals surface area contributed by atoms with Crippen molar-refractivity contribution in [3.63, 3.8) is 0 Å². The second kappa shape index (κ2) is 15.6. The predicted octanol–water partition coefficient (Wildman–Crippen LogP) is -1.10. The van der Waals surface area contributed by atoms with Crippen LogP contribution in [0.15, 0.2) is 47.2 Å². The van der Waals surface area contributed by atoms with E-state index >= 15 is 0 Å². The van der Waals surface area contributed by atoms with Gasteiger partial charge < -0.3 is 0 Å². The van der Waals surface area contributed by atoms with Crippen LogP contribution in [0.2, 0.25) is 0 Å². The molecule has 3 heterocycles. The number of carbonyl (C=O) groups is 1. The predicted molar refractivity (Wildman–Crippen MR) is 157 cm³/mol. The van der Waals surface area contributed by atoms with Crippen molar-refractivity contribution in [3.8, 4) is 0 Å². The number of halogens is 3. The van der Waals surface area contributed by atoms with E-state index in [-0.39, 0.29) is 32.9 Å². The Hall–Kier alpha value is -1.78. The van der Waals surface area contributed by atoms with Crippen molar-refractivity contribution >= 4 is 37.8 Å². The van der Waals surface area contributed by atoms with Crippen LogP contribution in [0.1, 0.15) is 57.8 Å². The standard InChI is InChI=1S/C29H37I3N5O3.Lr/c1-36(15-16-40-2)32-22-11-12-23-24(18-22)34-29(30-20-9-7-5-3-4-6-8-10-20)37(28(23)39)14-13-21-17-25-26(35-31-21)19-27(38)33-25;/h5,11-12,17-18,20H,3-4,6-10,13-16,19H2,1-2H3,(H,33,38);/q-3;. The fourth-order valence-electron chi connectivity index (χ4n) is 4.92. The third-order valence-electron chi connectivity index (χ3n) is 7.12. The molecule has 1 unspecified atom stereocenters. The Morgan fingerprint density at radius 3 is 2.95 bits per heavy atom. The molecule has 5 rings (SSSR count). The van der Waals surface area contributed by atoms with Crippen LogP contribution in [-0.2, 0) is 16.1 Å². The Bertz CT molecular complexity index is 1380. The van der Waals surface area contributed by atoms with Crippen molar-refractivity contribution in [1.29, 1.82) is 0 Å². The summed E-state index contributed by atoms with van der Waals surface area (Å²) in [5.74, 6) is 0.0242. The number of ether oxygens (including phenoxy) is 1. The van der Waals surface area contributed by atoms with Crippen molar-refractivity contribution in [1.82, 2.24) is 18.0 Å². The van der Waals surface area contributed by atoms with Gasteiger partial charge in [-0.3, -0.25) is 0 Å². The van der Waals surface area contributed by atoms with Crippen LogP contribution in [0, 0.1) is 13.8 Å². The van der Waals surface area contributed by atoms with Crippen molar-refractivity contribution in [2.75, 3.05) is 27.3 Å². The van der Waals surface area contributed by atoms with Gasteiger partial charge in [0.25, 0.3) is 0 Å². The van der Waals surface area contributed by atoms with Crippen LogP contribution in [0.3, 0.4) is 0 Å². The normalized spacial score (nSPS) is 19.7. The van der Waals surface area contributed by atoms with E-state index in [9.17, 15) is 9.59 Å². The molecule has 0 saturated heterocycles. The molecule has 8 nitrogen and oxygen atoms in total.